The molecule has 2 aromatic heterocycles. The van der Waals surface area contributed by atoms with E-state index in [0.29, 0.717) is 58.7 Å². The molecule has 4 rings (SSSR count). The first-order valence-electron chi connectivity index (χ1n) is 16.8. The minimum Gasteiger partial charge on any atom is -0.481 e. The smallest absolute Gasteiger partial charge is 0.410 e. The van der Waals surface area contributed by atoms with Gasteiger partial charge in [0.2, 0.25) is 5.91 Å². The van der Waals surface area contributed by atoms with E-state index in [1.807, 2.05) is 52.8 Å². The summed E-state index contributed by atoms with van der Waals surface area (Å²) in [4.78, 5) is 43.4. The number of aliphatic carboxylic acids is 1. The predicted molar refractivity (Wildman–Crippen MR) is 193 cm³/mol. The lowest BCUT2D eigenvalue weighted by Crippen LogP contribution is -2.39. The van der Waals surface area contributed by atoms with Crippen LogP contribution in [0.4, 0.5) is 9.80 Å². The maximum Gasteiger partial charge on any atom is 0.410 e. The second-order valence-electron chi connectivity index (χ2n) is 12.6. The molecule has 3 N–H and O–H groups in total. The quantitative estimate of drug-likeness (QED) is 0.131. The van der Waals surface area contributed by atoms with E-state index in [2.05, 4.69) is 23.6 Å². The van der Waals surface area contributed by atoms with Crippen molar-refractivity contribution in [2.24, 2.45) is 0 Å². The number of thiazole rings is 1. The van der Waals surface area contributed by atoms with Crippen LogP contribution in [0.1, 0.15) is 84.1 Å². The number of amides is 2. The van der Waals surface area contributed by atoms with Gasteiger partial charge >= 0.3 is 12.1 Å². The zero-order valence-electron chi connectivity index (χ0n) is 29.2. The SMILES string of the molecule is CCCCOC(C)CCC(=O)O.CCOCCNCCC(=O)Nc1sc2c(c1-c1nc3ccccc3s1)CCN(C(=O)OC(C)(C)C)C2. The molecule has 0 saturated carbocycles. The average Bonchev–Trinajstić information content (AvgIpc) is 3.61. The molecule has 2 amide bonds. The number of unbranched alkanes of at least 4 members (excludes halogenated alkanes) is 1. The van der Waals surface area contributed by atoms with Crippen LogP contribution in [0.3, 0.4) is 0 Å². The monoisotopic (exact) mass is 704 g/mol. The summed E-state index contributed by atoms with van der Waals surface area (Å²) in [6.45, 7) is 16.0. The molecule has 1 aromatic carbocycles. The first kappa shape index (κ1) is 39.3. The van der Waals surface area contributed by atoms with Crippen molar-refractivity contribution >= 4 is 55.9 Å². The fourth-order valence-corrected chi connectivity index (χ4v) is 7.21. The van der Waals surface area contributed by atoms with E-state index in [4.69, 9.17) is 24.3 Å². The Morgan fingerprint density at radius 2 is 1.85 bits per heavy atom. The standard InChI is InChI=1S/C26H34N4O4S2.C9H18O3/c1-5-33-15-13-27-12-10-21(31)29-24-22(23-28-18-8-6-7-9-19(18)35-23)17-11-14-30(16-20(17)36-24)25(32)34-26(2,3)4;1-3-4-7-12-8(2)5-6-9(10)11/h6-9,27H,5,10-16H2,1-4H3,(H,29,31);8H,3-7H2,1-2H3,(H,10,11). The minimum atomic E-state index is -0.749. The Bertz CT molecular complexity index is 1430. The second-order valence-corrected chi connectivity index (χ2v) is 14.7. The fourth-order valence-electron chi connectivity index (χ4n) is 4.82. The number of carbonyl (C=O) groups is 3. The number of nitrogens with one attached hydrogen (secondary N) is 2. The number of para-hydroxylation sites is 1. The highest BCUT2D eigenvalue weighted by molar-refractivity contribution is 7.23. The Labute approximate surface area is 292 Å². The molecule has 0 bridgehead atoms. The Balaban J connectivity index is 0.000000444. The van der Waals surface area contributed by atoms with E-state index in [1.165, 1.54) is 11.3 Å². The maximum atomic E-state index is 12.8. The molecular formula is C35H52N4O7S2. The van der Waals surface area contributed by atoms with Gasteiger partial charge in [-0.15, -0.1) is 22.7 Å². The van der Waals surface area contributed by atoms with Gasteiger partial charge < -0.3 is 34.9 Å². The minimum absolute atomic E-state index is 0.0520. The number of hydrogen-bond donors (Lipinski definition) is 3. The molecule has 0 aliphatic carbocycles. The number of aromatic nitrogens is 1. The number of carboxylic acid groups (broad SMARTS) is 1. The van der Waals surface area contributed by atoms with Gasteiger partial charge in [-0.25, -0.2) is 9.78 Å². The molecule has 0 saturated heterocycles. The van der Waals surface area contributed by atoms with Crippen LogP contribution in [-0.4, -0.2) is 84.1 Å². The number of anilines is 1. The highest BCUT2D eigenvalue weighted by Gasteiger charge is 2.31. The molecule has 1 aliphatic heterocycles. The normalized spacial score (nSPS) is 13.4. The van der Waals surface area contributed by atoms with Crippen LogP contribution in [0.15, 0.2) is 24.3 Å². The van der Waals surface area contributed by atoms with Crippen molar-refractivity contribution in [1.29, 1.82) is 0 Å². The van der Waals surface area contributed by atoms with Gasteiger partial charge in [-0.1, -0.05) is 25.5 Å². The fraction of sp³-hybridized carbons (Fsp3) is 0.600. The highest BCUT2D eigenvalue weighted by atomic mass is 32.1. The van der Waals surface area contributed by atoms with Crippen LogP contribution < -0.4 is 10.6 Å². The number of benzene rings is 1. The number of thiophene rings is 1. The molecule has 1 atom stereocenters. The molecule has 1 aliphatic rings. The molecule has 13 heteroatoms. The molecule has 11 nitrogen and oxygen atoms in total. The lowest BCUT2D eigenvalue weighted by Gasteiger charge is -2.30. The third kappa shape index (κ3) is 13.1. The summed E-state index contributed by atoms with van der Waals surface area (Å²) >= 11 is 3.16. The zero-order chi connectivity index (χ0) is 35.1. The molecule has 3 aromatic rings. The van der Waals surface area contributed by atoms with Gasteiger partial charge in [0, 0.05) is 56.1 Å². The largest absolute Gasteiger partial charge is 0.481 e. The maximum absolute atomic E-state index is 12.8. The van der Waals surface area contributed by atoms with Crippen molar-refractivity contribution in [1.82, 2.24) is 15.2 Å². The third-order valence-corrected chi connectivity index (χ3v) is 9.48. The van der Waals surface area contributed by atoms with Gasteiger partial charge in [-0.2, -0.15) is 0 Å². The summed E-state index contributed by atoms with van der Waals surface area (Å²) in [5.41, 5.74) is 2.54. The van der Waals surface area contributed by atoms with Crippen molar-refractivity contribution in [3.05, 3.63) is 34.7 Å². The Morgan fingerprint density at radius 3 is 2.54 bits per heavy atom. The van der Waals surface area contributed by atoms with Crippen molar-refractivity contribution in [2.75, 3.05) is 44.8 Å². The van der Waals surface area contributed by atoms with Crippen LogP contribution in [0.5, 0.6) is 0 Å². The Kier molecular flexibility index (Phi) is 16.2. The van der Waals surface area contributed by atoms with E-state index in [1.54, 1.807) is 16.2 Å². The summed E-state index contributed by atoms with van der Waals surface area (Å²) in [5, 5.41) is 16.4. The summed E-state index contributed by atoms with van der Waals surface area (Å²) < 4.78 is 17.4. The molecule has 0 spiro atoms. The van der Waals surface area contributed by atoms with Gasteiger partial charge in [-0.3, -0.25) is 9.59 Å². The summed E-state index contributed by atoms with van der Waals surface area (Å²) in [7, 11) is 0. The number of rotatable bonds is 16. The van der Waals surface area contributed by atoms with Crippen LogP contribution in [-0.2, 0) is 36.8 Å². The summed E-state index contributed by atoms with van der Waals surface area (Å²) in [6.07, 6.45) is 3.79. The van der Waals surface area contributed by atoms with Gasteiger partial charge in [0.25, 0.3) is 0 Å². The lowest BCUT2D eigenvalue weighted by molar-refractivity contribution is -0.137. The lowest BCUT2D eigenvalue weighted by atomic mass is 10.0. The highest BCUT2D eigenvalue weighted by Crippen LogP contribution is 2.45. The van der Waals surface area contributed by atoms with E-state index < -0.39 is 11.6 Å². The van der Waals surface area contributed by atoms with Crippen molar-refractivity contribution in [3.8, 4) is 10.6 Å². The molecule has 1 unspecified atom stereocenters. The van der Waals surface area contributed by atoms with Gasteiger partial charge in [0.15, 0.2) is 0 Å². The molecule has 0 radical (unpaired) electrons. The van der Waals surface area contributed by atoms with Crippen molar-refractivity contribution < 1.29 is 33.7 Å². The van der Waals surface area contributed by atoms with E-state index in [-0.39, 0.29) is 24.5 Å². The molecule has 266 valence electrons. The van der Waals surface area contributed by atoms with Crippen LogP contribution >= 0.6 is 22.7 Å². The number of nitrogens with zero attached hydrogens (tertiary/aromatic N) is 2. The Hall–Kier alpha value is -3.10. The number of carbonyl (C=O) groups excluding carboxylic acids is 2. The van der Waals surface area contributed by atoms with Crippen LogP contribution in [0, 0.1) is 0 Å². The van der Waals surface area contributed by atoms with Gasteiger partial charge in [-0.05, 0) is 71.6 Å². The second kappa shape index (κ2) is 19.8. The first-order valence-corrected chi connectivity index (χ1v) is 18.4. The van der Waals surface area contributed by atoms with Crippen LogP contribution in [0.2, 0.25) is 0 Å². The molecule has 48 heavy (non-hydrogen) atoms. The molecular weight excluding hydrogens is 653 g/mol. The average molecular weight is 705 g/mol. The summed E-state index contributed by atoms with van der Waals surface area (Å²) in [5.74, 6) is -0.801. The van der Waals surface area contributed by atoms with Gasteiger partial charge in [0.05, 0.1) is 29.5 Å². The van der Waals surface area contributed by atoms with Gasteiger partial charge in [0.1, 0.15) is 15.6 Å². The number of carboxylic acids is 1. The first-order chi connectivity index (χ1) is 22.9. The van der Waals surface area contributed by atoms with Crippen molar-refractivity contribution in [3.63, 3.8) is 0 Å². The number of ether oxygens (including phenoxy) is 3. The molecule has 3 heterocycles. The topological polar surface area (TPSA) is 139 Å². The Morgan fingerprint density at radius 1 is 1.08 bits per heavy atom. The predicted octanol–water partition coefficient (Wildman–Crippen LogP) is 7.33. The zero-order valence-corrected chi connectivity index (χ0v) is 30.8. The van der Waals surface area contributed by atoms with E-state index in [0.717, 1.165) is 55.7 Å². The third-order valence-electron chi connectivity index (χ3n) is 7.29. The van der Waals surface area contributed by atoms with Crippen molar-refractivity contribution in [2.45, 2.75) is 98.3 Å². The van der Waals surface area contributed by atoms with E-state index in [9.17, 15) is 14.4 Å². The number of hydrogen-bond acceptors (Lipinski definition) is 10. The number of fused-ring (bicyclic) bond motifs is 2. The summed E-state index contributed by atoms with van der Waals surface area (Å²) in [6, 6.07) is 8.05. The van der Waals surface area contributed by atoms with E-state index >= 15 is 0 Å². The molecule has 0 fully saturated rings. The van der Waals surface area contributed by atoms with Crippen LogP contribution in [0.25, 0.3) is 20.8 Å².